The normalized spacial score (nSPS) is 28.8. The first-order valence-electron chi connectivity index (χ1n) is 9.03. The number of benzene rings is 1. The van der Waals surface area contributed by atoms with Crippen molar-refractivity contribution in [1.82, 2.24) is 5.32 Å². The van der Waals surface area contributed by atoms with Crippen molar-refractivity contribution in [2.75, 3.05) is 11.9 Å². The molecule has 4 bridgehead atoms. The van der Waals surface area contributed by atoms with Crippen molar-refractivity contribution in [2.45, 2.75) is 62.3 Å². The summed E-state index contributed by atoms with van der Waals surface area (Å²) in [5.74, 6) is 0.133. The van der Waals surface area contributed by atoms with E-state index in [9.17, 15) is 9.18 Å². The molecule has 0 saturated carbocycles. The number of aliphatic imine (C=N–C) groups is 1. The van der Waals surface area contributed by atoms with E-state index in [4.69, 9.17) is 15.5 Å². The minimum absolute atomic E-state index is 0.0439. The van der Waals surface area contributed by atoms with Crippen molar-refractivity contribution in [1.29, 1.82) is 0 Å². The number of nitrogens with two attached hydrogens (primary N) is 1. The van der Waals surface area contributed by atoms with Crippen LogP contribution in [0.3, 0.4) is 0 Å². The summed E-state index contributed by atoms with van der Waals surface area (Å²) in [6.45, 7) is 9.80. The maximum atomic E-state index is 14.9. The highest BCUT2D eigenvalue weighted by molar-refractivity contribution is 8.02. The number of amides is 1. The van der Waals surface area contributed by atoms with Crippen molar-refractivity contribution >= 4 is 29.4 Å². The fraction of sp³-hybridized carbons (Fsp3) is 0.579. The molecule has 2 atom stereocenters. The molecule has 0 unspecified atom stereocenters. The smallest absolute Gasteiger partial charge is 0.414 e. The van der Waals surface area contributed by atoms with Crippen molar-refractivity contribution in [3.8, 4) is 0 Å². The van der Waals surface area contributed by atoms with Crippen LogP contribution in [0.1, 0.15) is 46.6 Å². The Morgan fingerprint density at radius 3 is 2.67 bits per heavy atom. The number of nitrogens with zero attached hydrogens (tertiary/aromatic N) is 1. The zero-order chi connectivity index (χ0) is 20.0. The highest BCUT2D eigenvalue weighted by Crippen LogP contribution is 2.49. The average molecular weight is 395 g/mol. The van der Waals surface area contributed by atoms with Crippen molar-refractivity contribution in [3.63, 3.8) is 0 Å². The standard InChI is InChI=1S/C19H27FN4O2S/c1-17(2)15-22-16(25)26-18(3,4)23-11-6-7-13(20)12(10-11)19(5,24-15)14(27-17)8-9-21/h6-7,10,14,23H,8-9,21H2,1-5H3,(H,22,24,25)/t14-,19+/m0/s1. The first-order valence-corrected chi connectivity index (χ1v) is 9.91. The van der Waals surface area contributed by atoms with Gasteiger partial charge in [0.2, 0.25) is 0 Å². The molecule has 8 heteroatoms. The van der Waals surface area contributed by atoms with Crippen LogP contribution in [0.5, 0.6) is 0 Å². The van der Waals surface area contributed by atoms with Crippen LogP contribution in [-0.2, 0) is 10.3 Å². The lowest BCUT2D eigenvalue weighted by atomic mass is 9.85. The lowest BCUT2D eigenvalue weighted by molar-refractivity contribution is 0.0625. The molecular formula is C19H27FN4O2S. The van der Waals surface area contributed by atoms with E-state index < -0.39 is 22.1 Å². The molecule has 1 amide bonds. The van der Waals surface area contributed by atoms with Crippen LogP contribution in [0.4, 0.5) is 14.9 Å². The highest BCUT2D eigenvalue weighted by atomic mass is 32.2. The second-order valence-corrected chi connectivity index (χ2v) is 9.97. The van der Waals surface area contributed by atoms with E-state index in [1.54, 1.807) is 37.7 Å². The number of nitrogens with one attached hydrogen (secondary N) is 2. The molecule has 3 rings (SSSR count). The van der Waals surface area contributed by atoms with Crippen LogP contribution in [-0.4, -0.2) is 34.2 Å². The number of amidine groups is 1. The van der Waals surface area contributed by atoms with Gasteiger partial charge in [0, 0.05) is 16.5 Å². The van der Waals surface area contributed by atoms with Crippen molar-refractivity contribution in [3.05, 3.63) is 29.6 Å². The molecule has 2 heterocycles. The number of alkyl carbamates (subject to hydrolysis) is 1. The Morgan fingerprint density at radius 2 is 2.00 bits per heavy atom. The Labute approximate surface area is 163 Å². The number of hydrogen-bond acceptors (Lipinski definition) is 6. The summed E-state index contributed by atoms with van der Waals surface area (Å²) in [6, 6.07) is 4.80. The zero-order valence-electron chi connectivity index (χ0n) is 16.4. The summed E-state index contributed by atoms with van der Waals surface area (Å²) in [6.07, 6.45) is 0.0732. The van der Waals surface area contributed by atoms with Crippen molar-refractivity contribution < 1.29 is 13.9 Å². The summed E-state index contributed by atoms with van der Waals surface area (Å²) in [5, 5.41) is 5.88. The minimum Gasteiger partial charge on any atom is -0.423 e. The lowest BCUT2D eigenvalue weighted by Crippen LogP contribution is -2.53. The van der Waals surface area contributed by atoms with Gasteiger partial charge in [-0.3, -0.25) is 10.3 Å². The van der Waals surface area contributed by atoms with Gasteiger partial charge in [-0.15, -0.1) is 11.8 Å². The second-order valence-electron chi connectivity index (χ2n) is 8.15. The topological polar surface area (TPSA) is 88.7 Å². The molecule has 27 heavy (non-hydrogen) atoms. The summed E-state index contributed by atoms with van der Waals surface area (Å²) >= 11 is 1.64. The molecule has 0 saturated heterocycles. The number of hydrogen-bond donors (Lipinski definition) is 3. The fourth-order valence-electron chi connectivity index (χ4n) is 3.59. The van der Waals surface area contributed by atoms with Gasteiger partial charge in [0.25, 0.3) is 0 Å². The van der Waals surface area contributed by atoms with Crippen LogP contribution >= 0.6 is 11.8 Å². The second kappa shape index (κ2) is 6.67. The van der Waals surface area contributed by atoms with E-state index in [1.165, 1.54) is 6.07 Å². The summed E-state index contributed by atoms with van der Waals surface area (Å²) in [4.78, 5) is 17.3. The molecule has 0 spiro atoms. The van der Waals surface area contributed by atoms with Crippen molar-refractivity contribution in [2.24, 2.45) is 10.7 Å². The third kappa shape index (κ3) is 3.78. The first-order chi connectivity index (χ1) is 12.5. The van der Waals surface area contributed by atoms with Crippen LogP contribution < -0.4 is 16.4 Å². The van der Waals surface area contributed by atoms with Gasteiger partial charge < -0.3 is 15.8 Å². The number of halogens is 1. The molecular weight excluding hydrogens is 367 g/mol. The average Bonchev–Trinajstić information content (AvgIpc) is 2.53. The van der Waals surface area contributed by atoms with Gasteiger partial charge in [0.05, 0.1) is 10.3 Å². The number of carbonyl (C=O) groups is 1. The molecule has 0 aliphatic carbocycles. The van der Waals surface area contributed by atoms with Crippen LogP contribution in [0.15, 0.2) is 23.2 Å². The Morgan fingerprint density at radius 1 is 1.30 bits per heavy atom. The number of cyclic esters (lactones) is 1. The van der Waals surface area contributed by atoms with Gasteiger partial charge in [0.15, 0.2) is 5.72 Å². The van der Waals surface area contributed by atoms with E-state index >= 15 is 0 Å². The van der Waals surface area contributed by atoms with Gasteiger partial charge in [0.1, 0.15) is 11.7 Å². The van der Waals surface area contributed by atoms with Gasteiger partial charge >= 0.3 is 6.09 Å². The molecule has 4 N–H and O–H groups in total. The van der Waals surface area contributed by atoms with E-state index in [2.05, 4.69) is 10.6 Å². The van der Waals surface area contributed by atoms with Crippen LogP contribution in [0.2, 0.25) is 0 Å². The molecule has 2 aliphatic rings. The highest BCUT2D eigenvalue weighted by Gasteiger charge is 2.48. The molecule has 0 radical (unpaired) electrons. The maximum Gasteiger partial charge on any atom is 0.414 e. The molecule has 0 aromatic heterocycles. The molecule has 1 aromatic rings. The Bertz CT molecular complexity index is 796. The number of fused-ring (bicyclic) bond motifs is 4. The summed E-state index contributed by atoms with van der Waals surface area (Å²) < 4.78 is 20.0. The molecule has 2 aliphatic heterocycles. The lowest BCUT2D eigenvalue weighted by Gasteiger charge is -2.45. The van der Waals surface area contributed by atoms with Gasteiger partial charge in [-0.1, -0.05) is 0 Å². The quantitative estimate of drug-likeness (QED) is 0.714. The number of rotatable bonds is 2. The Balaban J connectivity index is 2.25. The van der Waals surface area contributed by atoms with Gasteiger partial charge in [-0.2, -0.15) is 0 Å². The molecule has 148 valence electrons. The van der Waals surface area contributed by atoms with Gasteiger partial charge in [-0.25, -0.2) is 9.18 Å². The minimum atomic E-state index is -0.979. The number of thioether (sulfide) groups is 1. The molecule has 0 fully saturated rings. The molecule has 6 nitrogen and oxygen atoms in total. The predicted octanol–water partition coefficient (Wildman–Crippen LogP) is 3.57. The third-order valence-electron chi connectivity index (χ3n) is 4.93. The third-order valence-corrected chi connectivity index (χ3v) is 6.69. The number of anilines is 1. The Hall–Kier alpha value is -1.80. The fourth-order valence-corrected chi connectivity index (χ4v) is 5.17. The number of carbonyl (C=O) groups excluding carboxylic acids is 1. The van der Waals surface area contributed by atoms with E-state index in [0.717, 1.165) is 0 Å². The molecule has 1 aromatic carbocycles. The van der Waals surface area contributed by atoms with E-state index in [0.29, 0.717) is 30.1 Å². The summed E-state index contributed by atoms with van der Waals surface area (Å²) in [7, 11) is 0. The largest absolute Gasteiger partial charge is 0.423 e. The summed E-state index contributed by atoms with van der Waals surface area (Å²) in [5.41, 5.74) is 5.12. The number of ether oxygens (including phenoxy) is 1. The zero-order valence-corrected chi connectivity index (χ0v) is 17.2. The SMILES string of the molecule is CC1(C)Nc2ccc(F)c(c2)[C@@]2(C)N=C(NC(=O)O1)C(C)(C)S[C@H]2CCN. The first kappa shape index (κ1) is 19.9. The van der Waals surface area contributed by atoms with Gasteiger partial charge in [-0.05, 0) is 65.8 Å². The Kier molecular flexibility index (Phi) is 4.93. The van der Waals surface area contributed by atoms with E-state index in [1.807, 2.05) is 20.8 Å². The predicted molar refractivity (Wildman–Crippen MR) is 108 cm³/mol. The van der Waals surface area contributed by atoms with Crippen LogP contribution in [0.25, 0.3) is 0 Å². The van der Waals surface area contributed by atoms with E-state index in [-0.39, 0.29) is 11.1 Å². The monoisotopic (exact) mass is 394 g/mol. The maximum absolute atomic E-state index is 14.9. The van der Waals surface area contributed by atoms with Crippen LogP contribution in [0, 0.1) is 5.82 Å².